The second kappa shape index (κ2) is 10.4. The van der Waals surface area contributed by atoms with E-state index >= 15 is 0 Å². The number of benzene rings is 2. The SMILES string of the molecule is C/C=C\[C@H](C(C)C)[C@]1(COCc2ccccc2)CCN(c2ccc(C#N)c(C(F)(F)F)c2)S1(=O)=O. The minimum Gasteiger partial charge on any atom is -0.375 e. The maximum Gasteiger partial charge on any atom is 0.417 e. The lowest BCUT2D eigenvalue weighted by Crippen LogP contribution is -2.50. The summed E-state index contributed by atoms with van der Waals surface area (Å²) in [5, 5.41) is 9.10. The van der Waals surface area contributed by atoms with Gasteiger partial charge in [0.2, 0.25) is 10.0 Å². The molecule has 5 nitrogen and oxygen atoms in total. The minimum absolute atomic E-state index is 0.0149. The zero-order valence-electron chi connectivity index (χ0n) is 19.9. The van der Waals surface area contributed by atoms with Crippen molar-refractivity contribution in [1.82, 2.24) is 0 Å². The van der Waals surface area contributed by atoms with Crippen LogP contribution >= 0.6 is 0 Å². The maximum absolute atomic E-state index is 14.1. The number of hydrogen-bond acceptors (Lipinski definition) is 4. The summed E-state index contributed by atoms with van der Waals surface area (Å²) in [6.07, 6.45) is -0.951. The number of hydrogen-bond donors (Lipinski definition) is 0. The van der Waals surface area contributed by atoms with E-state index in [1.54, 1.807) is 6.08 Å². The molecule has 0 unspecified atom stereocenters. The van der Waals surface area contributed by atoms with E-state index in [0.29, 0.717) is 0 Å². The molecule has 1 heterocycles. The molecule has 0 saturated carbocycles. The molecule has 1 saturated heterocycles. The Hall–Kier alpha value is -2.83. The fraction of sp³-hybridized carbons (Fsp3) is 0.423. The van der Waals surface area contributed by atoms with E-state index in [-0.39, 0.29) is 37.8 Å². The van der Waals surface area contributed by atoms with Crippen LogP contribution in [0, 0.1) is 23.2 Å². The number of sulfonamides is 1. The van der Waals surface area contributed by atoms with E-state index in [0.717, 1.165) is 22.0 Å². The van der Waals surface area contributed by atoms with Gasteiger partial charge in [-0.25, -0.2) is 8.42 Å². The summed E-state index contributed by atoms with van der Waals surface area (Å²) in [6, 6.07) is 13.9. The molecule has 0 radical (unpaired) electrons. The molecule has 3 rings (SSSR count). The standard InChI is InChI=1S/C26H29F3N2O3S/c1-4-8-23(19(2)3)25(18-34-17-20-9-6-5-7-10-20)13-14-31(35(25,32)33)22-12-11-21(16-30)24(15-22)26(27,28)29/h4-12,15,19,23H,13-14,17-18H2,1-3H3/b8-4-/t23-,25-/m1/s1. The van der Waals surface area contributed by atoms with E-state index < -0.39 is 38.0 Å². The van der Waals surface area contributed by atoms with Crippen LogP contribution in [-0.2, 0) is 27.5 Å². The molecule has 188 valence electrons. The Morgan fingerprint density at radius 1 is 1.20 bits per heavy atom. The summed E-state index contributed by atoms with van der Waals surface area (Å²) in [6.45, 7) is 5.78. The summed E-state index contributed by atoms with van der Waals surface area (Å²) in [5.74, 6) is -0.480. The van der Waals surface area contributed by atoms with Crippen LogP contribution in [0.4, 0.5) is 18.9 Å². The number of halogens is 3. The van der Waals surface area contributed by atoms with Gasteiger partial charge in [-0.1, -0.05) is 56.3 Å². The summed E-state index contributed by atoms with van der Waals surface area (Å²) in [5.41, 5.74) is -0.920. The third-order valence-corrected chi connectivity index (χ3v) is 9.04. The van der Waals surface area contributed by atoms with Gasteiger partial charge in [-0.3, -0.25) is 4.31 Å². The van der Waals surface area contributed by atoms with Crippen molar-refractivity contribution < 1.29 is 26.3 Å². The average molecular weight is 507 g/mol. The van der Waals surface area contributed by atoms with Crippen LogP contribution in [0.5, 0.6) is 0 Å². The lowest BCUT2D eigenvalue weighted by atomic mass is 9.80. The van der Waals surface area contributed by atoms with Crippen LogP contribution in [0.2, 0.25) is 0 Å². The molecule has 0 N–H and O–H groups in total. The molecule has 1 aliphatic heterocycles. The third-order valence-electron chi connectivity index (χ3n) is 6.44. The fourth-order valence-corrected chi connectivity index (χ4v) is 7.19. The molecule has 2 aromatic rings. The highest BCUT2D eigenvalue weighted by atomic mass is 32.2. The van der Waals surface area contributed by atoms with E-state index in [1.165, 1.54) is 12.1 Å². The molecule has 2 atom stereocenters. The molecule has 1 fully saturated rings. The summed E-state index contributed by atoms with van der Waals surface area (Å²) in [7, 11) is -4.14. The Kier molecular flexibility index (Phi) is 7.97. The van der Waals surface area contributed by atoms with E-state index in [4.69, 9.17) is 10.00 Å². The predicted molar refractivity (Wildman–Crippen MR) is 129 cm³/mol. The molecule has 2 aromatic carbocycles. The molecular formula is C26H29F3N2O3S. The second-order valence-corrected chi connectivity index (χ2v) is 11.2. The van der Waals surface area contributed by atoms with Gasteiger partial charge < -0.3 is 4.74 Å². The first kappa shape index (κ1) is 26.8. The van der Waals surface area contributed by atoms with Crippen molar-refractivity contribution in [1.29, 1.82) is 5.26 Å². The van der Waals surface area contributed by atoms with Gasteiger partial charge in [-0.05, 0) is 43.0 Å². The summed E-state index contributed by atoms with van der Waals surface area (Å²) in [4.78, 5) is 0. The molecule has 9 heteroatoms. The third kappa shape index (κ3) is 5.24. The molecule has 35 heavy (non-hydrogen) atoms. The average Bonchev–Trinajstić information content (AvgIpc) is 3.07. The monoisotopic (exact) mass is 506 g/mol. The van der Waals surface area contributed by atoms with Crippen LogP contribution in [0.25, 0.3) is 0 Å². The van der Waals surface area contributed by atoms with Gasteiger partial charge in [0, 0.05) is 12.5 Å². The van der Waals surface area contributed by atoms with Crippen LogP contribution in [0.3, 0.4) is 0 Å². The van der Waals surface area contributed by atoms with Gasteiger partial charge in [-0.15, -0.1) is 0 Å². The zero-order valence-corrected chi connectivity index (χ0v) is 20.7. The highest BCUT2D eigenvalue weighted by Gasteiger charge is 2.57. The zero-order chi connectivity index (χ0) is 25.9. The van der Waals surface area contributed by atoms with Crippen molar-refractivity contribution in [3.05, 3.63) is 77.4 Å². The molecule has 0 aliphatic carbocycles. The highest BCUT2D eigenvalue weighted by Crippen LogP contribution is 2.46. The van der Waals surface area contributed by atoms with Crippen molar-refractivity contribution in [3.8, 4) is 6.07 Å². The van der Waals surface area contributed by atoms with Crippen molar-refractivity contribution in [2.45, 2.75) is 44.7 Å². The molecule has 0 bridgehead atoms. The van der Waals surface area contributed by atoms with E-state index in [1.807, 2.05) is 57.2 Å². The number of nitriles is 1. The van der Waals surface area contributed by atoms with Crippen LogP contribution in [0.15, 0.2) is 60.7 Å². The number of ether oxygens (including phenoxy) is 1. The number of allylic oxidation sites excluding steroid dienone is 2. The van der Waals surface area contributed by atoms with Crippen LogP contribution < -0.4 is 4.31 Å². The molecule has 0 spiro atoms. The Morgan fingerprint density at radius 3 is 2.46 bits per heavy atom. The van der Waals surface area contributed by atoms with Crippen molar-refractivity contribution >= 4 is 15.7 Å². The second-order valence-electron chi connectivity index (χ2n) is 9.01. The van der Waals surface area contributed by atoms with Gasteiger partial charge in [0.25, 0.3) is 0 Å². The van der Waals surface area contributed by atoms with E-state index in [9.17, 15) is 21.6 Å². The van der Waals surface area contributed by atoms with Crippen LogP contribution in [-0.4, -0.2) is 26.3 Å². The first-order valence-electron chi connectivity index (χ1n) is 11.4. The van der Waals surface area contributed by atoms with Crippen molar-refractivity contribution in [2.75, 3.05) is 17.5 Å². The largest absolute Gasteiger partial charge is 0.417 e. The smallest absolute Gasteiger partial charge is 0.375 e. The lowest BCUT2D eigenvalue weighted by Gasteiger charge is -2.37. The summed E-state index contributed by atoms with van der Waals surface area (Å²) < 4.78 is 74.4. The molecule has 0 aromatic heterocycles. The number of nitrogens with zero attached hydrogens (tertiary/aromatic N) is 2. The number of anilines is 1. The first-order chi connectivity index (χ1) is 16.5. The number of rotatable bonds is 8. The minimum atomic E-state index is -4.79. The topological polar surface area (TPSA) is 70.4 Å². The Morgan fingerprint density at radius 2 is 1.89 bits per heavy atom. The normalized spacial score (nSPS) is 20.9. The van der Waals surface area contributed by atoms with Crippen molar-refractivity contribution in [2.24, 2.45) is 11.8 Å². The van der Waals surface area contributed by atoms with Gasteiger partial charge in [0.15, 0.2) is 0 Å². The van der Waals surface area contributed by atoms with Gasteiger partial charge in [0.1, 0.15) is 4.75 Å². The van der Waals surface area contributed by atoms with Crippen molar-refractivity contribution in [3.63, 3.8) is 0 Å². The quantitative estimate of drug-likeness (QED) is 0.417. The predicted octanol–water partition coefficient (Wildman–Crippen LogP) is 5.92. The fourth-order valence-electron chi connectivity index (χ4n) is 4.76. The van der Waals surface area contributed by atoms with Gasteiger partial charge >= 0.3 is 6.18 Å². The van der Waals surface area contributed by atoms with Crippen LogP contribution in [0.1, 0.15) is 43.9 Å². The maximum atomic E-state index is 14.1. The molecule has 1 aliphatic rings. The number of alkyl halides is 3. The van der Waals surface area contributed by atoms with Gasteiger partial charge in [0.05, 0.1) is 36.1 Å². The van der Waals surface area contributed by atoms with E-state index in [2.05, 4.69) is 0 Å². The Balaban J connectivity index is 2.04. The first-order valence-corrected chi connectivity index (χ1v) is 12.8. The molecular weight excluding hydrogens is 477 g/mol. The molecule has 0 amide bonds. The Labute approximate surface area is 204 Å². The highest BCUT2D eigenvalue weighted by molar-refractivity contribution is 7.94. The summed E-state index contributed by atoms with van der Waals surface area (Å²) >= 11 is 0. The van der Waals surface area contributed by atoms with Gasteiger partial charge in [-0.2, -0.15) is 18.4 Å². The Bertz CT molecular complexity index is 1200. The lowest BCUT2D eigenvalue weighted by molar-refractivity contribution is -0.137.